The number of imide groups is 1. The number of benzene rings is 2. The van der Waals surface area contributed by atoms with Gasteiger partial charge in [-0.05, 0) is 112 Å². The number of nitrogens with one attached hydrogen (secondary N) is 2. The molecule has 1 atom stereocenters. The Labute approximate surface area is 353 Å². The van der Waals surface area contributed by atoms with E-state index in [1.165, 1.54) is 19.2 Å². The number of halogens is 3. The fraction of sp³-hybridized carbons (Fsp3) is 0.477. The summed E-state index contributed by atoms with van der Waals surface area (Å²) in [4.78, 5) is 73.4. The first-order chi connectivity index (χ1) is 29.3. The smallest absolute Gasteiger partial charge is 0.417 e. The molecule has 3 fully saturated rings. The molecule has 0 spiro atoms. The number of carbonyl (C=O) groups is 5. The highest BCUT2D eigenvalue weighted by Crippen LogP contribution is 2.36. The number of hydrogen-bond donors (Lipinski definition) is 2. The fourth-order valence-electron chi connectivity index (χ4n) is 8.30. The minimum atomic E-state index is -4.63. The van der Waals surface area contributed by atoms with Gasteiger partial charge in [-0.1, -0.05) is 0 Å². The molecular weight excluding hydrogens is 794 g/mol. The first kappa shape index (κ1) is 44.5. The lowest BCUT2D eigenvalue weighted by molar-refractivity contribution is -0.137. The van der Waals surface area contributed by atoms with E-state index < -0.39 is 35.2 Å². The molecule has 1 aromatic heterocycles. The Kier molecular flexibility index (Phi) is 14.6. The molecule has 0 radical (unpaired) electrons. The van der Waals surface area contributed by atoms with Gasteiger partial charge in [0.2, 0.25) is 18.2 Å². The molecule has 1 unspecified atom stereocenters. The van der Waals surface area contributed by atoms with Crippen molar-refractivity contribution in [1.82, 2.24) is 20.1 Å². The number of nitriles is 1. The second-order valence-corrected chi connectivity index (χ2v) is 16.0. The van der Waals surface area contributed by atoms with Gasteiger partial charge in [0.25, 0.3) is 5.91 Å². The number of likely N-dealkylation sites (tertiary alicyclic amines) is 1. The van der Waals surface area contributed by atoms with Crippen molar-refractivity contribution in [3.05, 3.63) is 77.0 Å². The van der Waals surface area contributed by atoms with E-state index in [4.69, 9.17) is 10.00 Å². The van der Waals surface area contributed by atoms with Gasteiger partial charge in [0.1, 0.15) is 23.9 Å². The number of carbonyl (C=O) groups excluding carboxylic acids is 5. The third-order valence-electron chi connectivity index (χ3n) is 11.9. The molecule has 17 heteroatoms. The highest BCUT2D eigenvalue weighted by molar-refractivity contribution is 6.04. The molecule has 324 valence electrons. The highest BCUT2D eigenvalue weighted by Gasteiger charge is 2.36. The molecule has 61 heavy (non-hydrogen) atoms. The summed E-state index contributed by atoms with van der Waals surface area (Å²) < 4.78 is 46.5. The number of aromatic nitrogens is 1. The summed E-state index contributed by atoms with van der Waals surface area (Å²) in [7, 11) is 1.41. The Hall–Kier alpha value is -6.02. The van der Waals surface area contributed by atoms with E-state index in [9.17, 15) is 37.1 Å². The van der Waals surface area contributed by atoms with Gasteiger partial charge >= 0.3 is 6.18 Å². The Morgan fingerprint density at radius 3 is 2.30 bits per heavy atom. The zero-order chi connectivity index (χ0) is 43.7. The topological polar surface area (TPSA) is 168 Å². The van der Waals surface area contributed by atoms with Gasteiger partial charge < -0.3 is 34.9 Å². The largest absolute Gasteiger partial charge is 0.493 e. The van der Waals surface area contributed by atoms with Crippen LogP contribution in [0.2, 0.25) is 0 Å². The third kappa shape index (κ3) is 11.0. The van der Waals surface area contributed by atoms with Crippen LogP contribution < -0.4 is 25.2 Å². The van der Waals surface area contributed by atoms with Crippen molar-refractivity contribution < 1.29 is 41.9 Å². The number of nitrogens with zero attached hydrogens (tertiary/aromatic N) is 6. The summed E-state index contributed by atoms with van der Waals surface area (Å²) in [6.07, 6.45) is 1.11. The number of pyridine rings is 1. The van der Waals surface area contributed by atoms with Crippen molar-refractivity contribution in [1.29, 1.82) is 5.26 Å². The van der Waals surface area contributed by atoms with Crippen molar-refractivity contribution in [3.63, 3.8) is 0 Å². The first-order valence-electron chi connectivity index (χ1n) is 20.6. The van der Waals surface area contributed by atoms with E-state index in [0.717, 1.165) is 62.2 Å². The van der Waals surface area contributed by atoms with Crippen molar-refractivity contribution in [2.45, 2.75) is 57.7 Å². The number of likely N-dealkylation sites (N-methyl/N-ethyl adjacent to an activating group) is 1. The minimum absolute atomic E-state index is 0.0282. The predicted octanol–water partition coefficient (Wildman–Crippen LogP) is 5.06. The molecule has 2 aromatic carbocycles. The van der Waals surface area contributed by atoms with E-state index in [2.05, 4.69) is 25.4 Å². The lowest BCUT2D eigenvalue weighted by atomic mass is 9.94. The zero-order valence-electron chi connectivity index (χ0n) is 34.3. The van der Waals surface area contributed by atoms with Crippen molar-refractivity contribution in [2.75, 3.05) is 74.6 Å². The second kappa shape index (κ2) is 20.0. The quantitative estimate of drug-likeness (QED) is 0.185. The maximum absolute atomic E-state index is 13.5. The Balaban J connectivity index is 0.883. The van der Waals surface area contributed by atoms with Gasteiger partial charge in [0, 0.05) is 69.3 Å². The molecular formula is C44H51F3N8O6. The van der Waals surface area contributed by atoms with Gasteiger partial charge in [-0.25, -0.2) is 4.98 Å². The number of hydrogen-bond acceptors (Lipinski definition) is 11. The highest BCUT2D eigenvalue weighted by atomic mass is 19.4. The van der Waals surface area contributed by atoms with E-state index in [1.54, 1.807) is 43.5 Å². The molecule has 3 aliphatic rings. The van der Waals surface area contributed by atoms with Gasteiger partial charge in [-0.15, -0.1) is 0 Å². The van der Waals surface area contributed by atoms with Crippen LogP contribution in [0.5, 0.6) is 5.75 Å². The number of amides is 4. The van der Waals surface area contributed by atoms with Crippen LogP contribution in [0, 0.1) is 36.0 Å². The van der Waals surface area contributed by atoms with Gasteiger partial charge in [-0.3, -0.25) is 24.1 Å². The number of anilines is 3. The normalized spacial score (nSPS) is 17.1. The third-order valence-corrected chi connectivity index (χ3v) is 11.9. The maximum atomic E-state index is 13.5. The average molecular weight is 845 g/mol. The molecule has 0 aliphatic carbocycles. The Morgan fingerprint density at radius 2 is 1.69 bits per heavy atom. The molecule has 0 bridgehead atoms. The number of ether oxygens (including phenoxy) is 1. The summed E-state index contributed by atoms with van der Waals surface area (Å²) in [5.74, 6) is 0.366. The van der Waals surface area contributed by atoms with E-state index in [1.807, 2.05) is 11.0 Å². The lowest BCUT2D eigenvalue weighted by Gasteiger charge is -2.44. The van der Waals surface area contributed by atoms with Crippen molar-refractivity contribution in [2.24, 2.45) is 17.8 Å². The minimum Gasteiger partial charge on any atom is -0.493 e. The molecule has 4 amide bonds. The SMILES string of the molecule is CNC(=O)C(CCC=O)N(C=O)C(=O)c1ccc(OCC2CCN(CC3CN(c4ccc(NC(=O)C5CCN(c6ccc(C#N)c(C(F)(F)F)c6)CC5)nc4)C3)CC2)cc1C. The molecule has 3 aromatic rings. The Bertz CT molecular complexity index is 2090. The van der Waals surface area contributed by atoms with E-state index in [0.29, 0.717) is 79.9 Å². The first-order valence-corrected chi connectivity index (χ1v) is 20.6. The standard InChI is InChI=1S/C44H51F3N8O6/c1-29-20-36(8-9-37(29)43(60)55(28-57)39(4-3-19-56)42(59)49-2)61-27-30-11-15-52(16-12-30)24-31-25-54(26-31)35-7-10-40(50-23-35)51-41(58)32-13-17-53(18-14-32)34-6-5-33(22-48)38(21-34)44(45,46)47/h5-10,19-21,23,28,30-32,39H,3-4,11-18,24-27H2,1-2H3,(H,49,59)(H,50,51,58). The van der Waals surface area contributed by atoms with Crippen LogP contribution in [0.4, 0.5) is 30.4 Å². The zero-order valence-corrected chi connectivity index (χ0v) is 34.3. The molecule has 6 rings (SSSR count). The van der Waals surface area contributed by atoms with Crippen molar-refractivity contribution >= 4 is 47.6 Å². The van der Waals surface area contributed by atoms with Gasteiger partial charge in [-0.2, -0.15) is 18.4 Å². The average Bonchev–Trinajstić information content (AvgIpc) is 3.25. The van der Waals surface area contributed by atoms with E-state index in [-0.39, 0.29) is 30.2 Å². The number of piperidine rings is 2. The van der Waals surface area contributed by atoms with Crippen LogP contribution in [0.3, 0.4) is 0 Å². The summed E-state index contributed by atoms with van der Waals surface area (Å²) in [6, 6.07) is 13.0. The Morgan fingerprint density at radius 1 is 0.967 bits per heavy atom. The molecule has 0 saturated carbocycles. The predicted molar refractivity (Wildman–Crippen MR) is 221 cm³/mol. The molecule has 14 nitrogen and oxygen atoms in total. The van der Waals surface area contributed by atoms with Crippen LogP contribution in [0.15, 0.2) is 54.7 Å². The van der Waals surface area contributed by atoms with Crippen molar-refractivity contribution in [3.8, 4) is 11.8 Å². The van der Waals surface area contributed by atoms with Gasteiger partial charge in [0.05, 0.1) is 35.7 Å². The summed E-state index contributed by atoms with van der Waals surface area (Å²) in [6.45, 7) is 7.88. The lowest BCUT2D eigenvalue weighted by Crippen LogP contribution is -2.52. The molecule has 4 heterocycles. The summed E-state index contributed by atoms with van der Waals surface area (Å²) in [5.41, 5.74) is 0.867. The van der Waals surface area contributed by atoms with Gasteiger partial charge in [0.15, 0.2) is 0 Å². The number of aryl methyl sites for hydroxylation is 1. The van der Waals surface area contributed by atoms with Crippen LogP contribution in [0.1, 0.15) is 65.6 Å². The maximum Gasteiger partial charge on any atom is 0.417 e. The van der Waals surface area contributed by atoms with Crippen LogP contribution in [-0.2, 0) is 25.4 Å². The number of rotatable bonds is 16. The fourth-order valence-corrected chi connectivity index (χ4v) is 8.30. The number of aldehydes is 1. The van der Waals surface area contributed by atoms with Crippen LogP contribution in [0.25, 0.3) is 0 Å². The molecule has 3 aliphatic heterocycles. The molecule has 2 N–H and O–H groups in total. The summed E-state index contributed by atoms with van der Waals surface area (Å²) in [5, 5.41) is 14.4. The second-order valence-electron chi connectivity index (χ2n) is 16.0. The number of alkyl halides is 3. The van der Waals surface area contributed by atoms with Crippen LogP contribution >= 0.6 is 0 Å². The molecule has 3 saturated heterocycles. The van der Waals surface area contributed by atoms with Crippen LogP contribution in [-0.4, -0.2) is 111 Å². The van der Waals surface area contributed by atoms with E-state index >= 15 is 0 Å². The summed E-state index contributed by atoms with van der Waals surface area (Å²) >= 11 is 0. The monoisotopic (exact) mass is 844 g/mol.